The summed E-state index contributed by atoms with van der Waals surface area (Å²) in [4.78, 5) is 112. The molecule has 0 aliphatic carbocycles. The Kier molecular flexibility index (Phi) is 17.0. The molecule has 1 aliphatic rings. The molecule has 59 heavy (non-hydrogen) atoms. The lowest BCUT2D eigenvalue weighted by molar-refractivity contribution is -0.140. The Labute approximate surface area is 341 Å². The SMILES string of the molecule is CCOc1nc(N)c2[nH]c(=O)n(Cc3ccc(CNC(=O)CCC(=O)N4CCN(C(=O)CCSCC(NC(=O)CCC(N)C(=O)O)C(=O)NCC(=O)O)CC4)cc3)c2n1. The Balaban J connectivity index is 1.14. The fourth-order valence-electron chi connectivity index (χ4n) is 5.85. The van der Waals surface area contributed by atoms with Gasteiger partial charge in [0.25, 0.3) is 0 Å². The van der Waals surface area contributed by atoms with Crippen molar-refractivity contribution >= 4 is 70.2 Å². The summed E-state index contributed by atoms with van der Waals surface area (Å²) < 4.78 is 6.79. The van der Waals surface area contributed by atoms with E-state index in [2.05, 4.69) is 30.9 Å². The monoisotopic (exact) mass is 843 g/mol. The smallest absolute Gasteiger partial charge is 0.328 e. The van der Waals surface area contributed by atoms with Gasteiger partial charge < -0.3 is 57.2 Å². The van der Waals surface area contributed by atoms with Gasteiger partial charge in [-0.25, -0.2) is 4.79 Å². The first kappa shape index (κ1) is 45.5. The lowest BCUT2D eigenvalue weighted by Crippen LogP contribution is -2.51. The molecule has 10 N–H and O–H groups in total. The van der Waals surface area contributed by atoms with E-state index in [1.807, 2.05) is 24.3 Å². The number of carbonyl (C=O) groups excluding carboxylic acids is 5. The van der Waals surface area contributed by atoms with Crippen molar-refractivity contribution in [2.75, 3.05) is 56.6 Å². The topological polar surface area (TPSA) is 327 Å². The molecule has 0 radical (unpaired) electrons. The van der Waals surface area contributed by atoms with E-state index in [0.29, 0.717) is 43.9 Å². The number of fused-ring (bicyclic) bond motifs is 1. The van der Waals surface area contributed by atoms with Crippen molar-refractivity contribution in [1.82, 2.24) is 45.3 Å². The number of aromatic amines is 1. The van der Waals surface area contributed by atoms with E-state index in [1.54, 1.807) is 16.7 Å². The van der Waals surface area contributed by atoms with Crippen LogP contribution in [0.1, 0.15) is 50.2 Å². The number of hydrogen-bond donors (Lipinski definition) is 8. The lowest BCUT2D eigenvalue weighted by atomic mass is 10.1. The number of anilines is 1. The van der Waals surface area contributed by atoms with Crippen LogP contribution in [-0.2, 0) is 46.7 Å². The highest BCUT2D eigenvalue weighted by molar-refractivity contribution is 7.99. The van der Waals surface area contributed by atoms with E-state index in [-0.39, 0.29) is 86.2 Å². The first-order valence-electron chi connectivity index (χ1n) is 18.8. The van der Waals surface area contributed by atoms with Gasteiger partial charge >= 0.3 is 23.6 Å². The Morgan fingerprint density at radius 3 is 2.17 bits per heavy atom. The van der Waals surface area contributed by atoms with Gasteiger partial charge in [-0.2, -0.15) is 21.7 Å². The molecule has 1 aliphatic heterocycles. The van der Waals surface area contributed by atoms with Crippen LogP contribution in [0.4, 0.5) is 5.82 Å². The van der Waals surface area contributed by atoms with Crippen molar-refractivity contribution in [3.63, 3.8) is 0 Å². The summed E-state index contributed by atoms with van der Waals surface area (Å²) in [6.45, 7) is 3.09. The highest BCUT2D eigenvalue weighted by Crippen LogP contribution is 2.19. The van der Waals surface area contributed by atoms with Gasteiger partial charge in [0, 0.05) is 69.9 Å². The normalized spacial score (nSPS) is 13.7. The second-order valence-corrected chi connectivity index (χ2v) is 14.6. The number of hydrogen-bond acceptors (Lipinski definition) is 14. The molecule has 1 fully saturated rings. The lowest BCUT2D eigenvalue weighted by Gasteiger charge is -2.35. The first-order valence-corrected chi connectivity index (χ1v) is 19.9. The molecule has 0 bridgehead atoms. The first-order chi connectivity index (χ1) is 28.1. The van der Waals surface area contributed by atoms with E-state index < -0.39 is 48.1 Å². The van der Waals surface area contributed by atoms with Crippen LogP contribution in [-0.4, -0.2) is 144 Å². The van der Waals surface area contributed by atoms with Crippen LogP contribution in [0.5, 0.6) is 6.01 Å². The third-order valence-electron chi connectivity index (χ3n) is 9.12. The summed E-state index contributed by atoms with van der Waals surface area (Å²) in [6, 6.07) is 4.97. The highest BCUT2D eigenvalue weighted by Gasteiger charge is 2.26. The van der Waals surface area contributed by atoms with Crippen molar-refractivity contribution in [2.24, 2.45) is 5.73 Å². The second kappa shape index (κ2) is 22.1. The van der Waals surface area contributed by atoms with Gasteiger partial charge in [0.15, 0.2) is 11.5 Å². The van der Waals surface area contributed by atoms with E-state index >= 15 is 0 Å². The number of nitrogens with one attached hydrogen (secondary N) is 4. The molecule has 0 spiro atoms. The molecule has 4 rings (SSSR count). The fraction of sp³-hybridized carbons (Fsp3) is 0.500. The molecule has 0 saturated carbocycles. The summed E-state index contributed by atoms with van der Waals surface area (Å²) in [5.41, 5.74) is 13.2. The average molecular weight is 844 g/mol. The molecule has 22 nitrogen and oxygen atoms in total. The Morgan fingerprint density at radius 2 is 1.54 bits per heavy atom. The number of aliphatic carboxylic acids is 2. The second-order valence-electron chi connectivity index (χ2n) is 13.4. The van der Waals surface area contributed by atoms with Gasteiger partial charge in [-0.05, 0) is 24.5 Å². The highest BCUT2D eigenvalue weighted by atomic mass is 32.2. The van der Waals surface area contributed by atoms with Crippen LogP contribution in [0.25, 0.3) is 11.2 Å². The van der Waals surface area contributed by atoms with Crippen LogP contribution in [0, 0.1) is 0 Å². The number of thioether (sulfide) groups is 1. The van der Waals surface area contributed by atoms with Gasteiger partial charge in [-0.1, -0.05) is 24.3 Å². The van der Waals surface area contributed by atoms with Crippen molar-refractivity contribution in [2.45, 2.75) is 64.2 Å². The summed E-state index contributed by atoms with van der Waals surface area (Å²) in [5.74, 6) is -4.20. The Morgan fingerprint density at radius 1 is 0.898 bits per heavy atom. The van der Waals surface area contributed by atoms with E-state index in [1.165, 1.54) is 16.3 Å². The molecular weight excluding hydrogens is 795 g/mol. The number of carbonyl (C=O) groups is 7. The number of carboxylic acids is 2. The molecule has 2 aromatic heterocycles. The van der Waals surface area contributed by atoms with E-state index in [9.17, 15) is 38.4 Å². The third kappa shape index (κ3) is 14.0. The zero-order valence-corrected chi connectivity index (χ0v) is 33.3. The van der Waals surface area contributed by atoms with Crippen molar-refractivity contribution < 1.29 is 48.5 Å². The molecule has 5 amide bonds. The molecule has 1 aromatic carbocycles. The maximum absolute atomic E-state index is 12.9. The minimum absolute atomic E-state index is 0.00206. The number of piperazine rings is 1. The standard InChI is InChI=1S/C36H49N11O11S/c1-2-58-35-43-31(38)30-32(44-35)47(36(57)42-30)19-22-5-3-21(4-6-22)17-39-25(48)9-10-27(50)45-12-14-46(15-13-45)28(51)11-16-59-20-24(33(54)40-18-29(52)53)41-26(49)8-7-23(37)34(55)56/h3-6,23-24H,2,7-20,37H2,1H3,(H,39,48)(H,40,54)(H,41,49)(H,42,57)(H,52,53)(H,55,56)(H2,38,43,44). The Bertz CT molecular complexity index is 2050. The fourth-order valence-corrected chi connectivity index (χ4v) is 6.81. The molecule has 320 valence electrons. The number of amides is 5. The number of carboxylic acid groups (broad SMARTS) is 2. The number of benzene rings is 1. The number of H-pyrrole nitrogens is 1. The molecule has 23 heteroatoms. The van der Waals surface area contributed by atoms with Crippen LogP contribution in [0.3, 0.4) is 0 Å². The number of nitrogen functional groups attached to an aromatic ring is 1. The summed E-state index contributed by atoms with van der Waals surface area (Å²) >= 11 is 1.19. The number of nitrogens with zero attached hydrogens (tertiary/aromatic N) is 5. The molecule has 2 unspecified atom stereocenters. The largest absolute Gasteiger partial charge is 0.480 e. The molecule has 2 atom stereocenters. The predicted octanol–water partition coefficient (Wildman–Crippen LogP) is -1.78. The molecule has 3 heterocycles. The zero-order chi connectivity index (χ0) is 43.1. The van der Waals surface area contributed by atoms with Crippen molar-refractivity contribution in [3.8, 4) is 6.01 Å². The molecule has 3 aromatic rings. The third-order valence-corrected chi connectivity index (χ3v) is 10.2. The van der Waals surface area contributed by atoms with Gasteiger partial charge in [0.05, 0.1) is 13.2 Å². The van der Waals surface area contributed by atoms with E-state index in [4.69, 9.17) is 26.4 Å². The van der Waals surface area contributed by atoms with Gasteiger partial charge in [0.2, 0.25) is 29.5 Å². The Hall–Kier alpha value is -6.23. The number of imidazole rings is 1. The molecule has 1 saturated heterocycles. The summed E-state index contributed by atoms with van der Waals surface area (Å²) in [5, 5.41) is 25.3. The average Bonchev–Trinajstić information content (AvgIpc) is 3.53. The minimum atomic E-state index is -1.28. The quantitative estimate of drug-likeness (QED) is 0.0518. The minimum Gasteiger partial charge on any atom is -0.480 e. The van der Waals surface area contributed by atoms with Gasteiger partial charge in [0.1, 0.15) is 24.1 Å². The van der Waals surface area contributed by atoms with Crippen LogP contribution in [0.15, 0.2) is 29.1 Å². The number of ether oxygens (including phenoxy) is 1. The number of nitrogens with two attached hydrogens (primary N) is 2. The van der Waals surface area contributed by atoms with Gasteiger partial charge in [-0.15, -0.1) is 0 Å². The van der Waals surface area contributed by atoms with Crippen molar-refractivity contribution in [3.05, 3.63) is 45.9 Å². The van der Waals surface area contributed by atoms with Crippen LogP contribution >= 0.6 is 11.8 Å². The summed E-state index contributed by atoms with van der Waals surface area (Å²) in [7, 11) is 0. The van der Waals surface area contributed by atoms with E-state index in [0.717, 1.165) is 11.1 Å². The van der Waals surface area contributed by atoms with Gasteiger partial charge in [-0.3, -0.25) is 38.1 Å². The predicted molar refractivity (Wildman–Crippen MR) is 213 cm³/mol. The number of rotatable bonds is 22. The van der Waals surface area contributed by atoms with Crippen LogP contribution in [0.2, 0.25) is 0 Å². The number of aromatic nitrogens is 4. The summed E-state index contributed by atoms with van der Waals surface area (Å²) in [6.07, 6.45) is -0.333. The maximum Gasteiger partial charge on any atom is 0.328 e. The van der Waals surface area contributed by atoms with Crippen LogP contribution < -0.4 is 37.8 Å². The molecular formula is C36H49N11O11S. The maximum atomic E-state index is 12.9. The zero-order valence-electron chi connectivity index (χ0n) is 32.4. The van der Waals surface area contributed by atoms with Crippen molar-refractivity contribution in [1.29, 1.82) is 0 Å².